The second kappa shape index (κ2) is 7.05. The minimum Gasteiger partial charge on any atom is -0.330 e. The summed E-state index contributed by atoms with van der Waals surface area (Å²) in [4.78, 5) is 23.3. The average molecular weight is 277 g/mol. The number of benzene rings is 1. The largest absolute Gasteiger partial charge is 0.330 e. The van der Waals surface area contributed by atoms with Crippen molar-refractivity contribution in [3.8, 4) is 0 Å². The first-order valence-corrected chi connectivity index (χ1v) is 6.74. The zero-order chi connectivity index (χ0) is 15.3. The molecule has 1 aromatic rings. The fraction of sp³-hybridized carbons (Fsp3) is 0.467. The van der Waals surface area contributed by atoms with Gasteiger partial charge in [-0.1, -0.05) is 19.9 Å². The summed E-state index contributed by atoms with van der Waals surface area (Å²) in [6.07, 6.45) is 0. The molecule has 0 heterocycles. The number of amides is 2. The van der Waals surface area contributed by atoms with E-state index in [1.807, 2.05) is 32.9 Å². The highest BCUT2D eigenvalue weighted by Crippen LogP contribution is 2.21. The van der Waals surface area contributed by atoms with Gasteiger partial charge >= 0.3 is 0 Å². The van der Waals surface area contributed by atoms with Crippen LogP contribution < -0.4 is 16.4 Å². The Kier molecular flexibility index (Phi) is 5.70. The van der Waals surface area contributed by atoms with Gasteiger partial charge in [-0.2, -0.15) is 0 Å². The van der Waals surface area contributed by atoms with Crippen LogP contribution in [0, 0.1) is 18.8 Å². The zero-order valence-corrected chi connectivity index (χ0v) is 12.5. The maximum absolute atomic E-state index is 12.1. The van der Waals surface area contributed by atoms with Gasteiger partial charge in [0.15, 0.2) is 0 Å². The Bertz CT molecular complexity index is 498. The van der Waals surface area contributed by atoms with Crippen LogP contribution in [0.5, 0.6) is 0 Å². The summed E-state index contributed by atoms with van der Waals surface area (Å²) in [5.41, 5.74) is 7.93. The van der Waals surface area contributed by atoms with Crippen molar-refractivity contribution in [2.75, 3.05) is 17.2 Å². The molecule has 0 fully saturated rings. The maximum atomic E-state index is 12.1. The Morgan fingerprint density at radius 2 is 1.90 bits per heavy atom. The number of aryl methyl sites for hydroxylation is 1. The lowest BCUT2D eigenvalue weighted by molar-refractivity contribution is -0.120. The molecular weight excluding hydrogens is 254 g/mol. The van der Waals surface area contributed by atoms with Gasteiger partial charge in [0.05, 0.1) is 5.92 Å². The molecule has 4 N–H and O–H groups in total. The van der Waals surface area contributed by atoms with Crippen LogP contribution in [0.25, 0.3) is 0 Å². The summed E-state index contributed by atoms with van der Waals surface area (Å²) in [6.45, 7) is 7.60. The highest BCUT2D eigenvalue weighted by Gasteiger charge is 2.20. The van der Waals surface area contributed by atoms with Crippen molar-refractivity contribution in [2.45, 2.75) is 27.7 Å². The number of nitrogens with two attached hydrogens (primary N) is 1. The molecule has 2 amide bonds. The van der Waals surface area contributed by atoms with E-state index in [0.717, 1.165) is 5.56 Å². The highest BCUT2D eigenvalue weighted by atomic mass is 16.2. The normalized spacial score (nSPS) is 12.1. The summed E-state index contributed by atoms with van der Waals surface area (Å²) >= 11 is 0. The Labute approximate surface area is 119 Å². The summed E-state index contributed by atoms with van der Waals surface area (Å²) in [7, 11) is 0. The lowest BCUT2D eigenvalue weighted by atomic mass is 9.95. The summed E-state index contributed by atoms with van der Waals surface area (Å²) in [5.74, 6) is -0.278. The molecule has 0 spiro atoms. The molecule has 5 nitrogen and oxygen atoms in total. The maximum Gasteiger partial charge on any atom is 0.229 e. The molecule has 1 rings (SSSR count). The van der Waals surface area contributed by atoms with Gasteiger partial charge in [0.25, 0.3) is 0 Å². The van der Waals surface area contributed by atoms with Gasteiger partial charge in [-0.15, -0.1) is 0 Å². The van der Waals surface area contributed by atoms with Crippen LogP contribution in [-0.4, -0.2) is 18.4 Å². The molecule has 0 aliphatic heterocycles. The average Bonchev–Trinajstić information content (AvgIpc) is 2.33. The van der Waals surface area contributed by atoms with E-state index in [0.29, 0.717) is 17.9 Å². The van der Waals surface area contributed by atoms with Crippen LogP contribution in [0.1, 0.15) is 26.3 Å². The van der Waals surface area contributed by atoms with Crippen LogP contribution >= 0.6 is 0 Å². The Morgan fingerprint density at radius 3 is 2.40 bits per heavy atom. The van der Waals surface area contributed by atoms with E-state index < -0.39 is 0 Å². The van der Waals surface area contributed by atoms with Crippen LogP contribution in [0.3, 0.4) is 0 Å². The number of nitrogens with one attached hydrogen (secondary N) is 2. The third kappa shape index (κ3) is 4.35. The zero-order valence-electron chi connectivity index (χ0n) is 12.5. The van der Waals surface area contributed by atoms with Gasteiger partial charge in [-0.25, -0.2) is 0 Å². The van der Waals surface area contributed by atoms with Crippen molar-refractivity contribution in [2.24, 2.45) is 17.6 Å². The van der Waals surface area contributed by atoms with Gasteiger partial charge in [0, 0.05) is 24.8 Å². The topological polar surface area (TPSA) is 84.2 Å². The van der Waals surface area contributed by atoms with Gasteiger partial charge < -0.3 is 16.4 Å². The van der Waals surface area contributed by atoms with Gasteiger partial charge in [-0.3, -0.25) is 9.59 Å². The van der Waals surface area contributed by atoms with E-state index in [2.05, 4.69) is 10.6 Å². The molecule has 0 aliphatic rings. The van der Waals surface area contributed by atoms with E-state index in [1.54, 1.807) is 6.07 Å². The number of anilines is 2. The minimum atomic E-state index is -0.222. The standard InChI is InChI=1S/C15H23N3O2/c1-9(2)13(8-16)15(20)18-12-6-5-10(3)14(7-12)17-11(4)19/h5-7,9,13H,8,16H2,1-4H3,(H,17,19)(H,18,20). The Morgan fingerprint density at radius 1 is 1.25 bits per heavy atom. The Hall–Kier alpha value is -1.88. The van der Waals surface area contributed by atoms with E-state index in [9.17, 15) is 9.59 Å². The SMILES string of the molecule is CC(=O)Nc1cc(NC(=O)C(CN)C(C)C)ccc1C. The smallest absolute Gasteiger partial charge is 0.229 e. The second-order valence-electron chi connectivity index (χ2n) is 5.29. The summed E-state index contributed by atoms with van der Waals surface area (Å²) in [5, 5.41) is 5.58. The fourth-order valence-corrected chi connectivity index (χ4v) is 1.94. The summed E-state index contributed by atoms with van der Waals surface area (Å²) < 4.78 is 0. The number of rotatable bonds is 5. The predicted octanol–water partition coefficient (Wildman–Crippen LogP) is 2.12. The molecule has 0 aromatic heterocycles. The van der Waals surface area contributed by atoms with Crippen molar-refractivity contribution in [3.05, 3.63) is 23.8 Å². The lowest BCUT2D eigenvalue weighted by Gasteiger charge is -2.18. The number of hydrogen-bond acceptors (Lipinski definition) is 3. The lowest BCUT2D eigenvalue weighted by Crippen LogP contribution is -2.33. The fourth-order valence-electron chi connectivity index (χ4n) is 1.94. The van der Waals surface area contributed by atoms with E-state index >= 15 is 0 Å². The quantitative estimate of drug-likeness (QED) is 0.770. The molecule has 0 saturated heterocycles. The second-order valence-corrected chi connectivity index (χ2v) is 5.29. The van der Waals surface area contributed by atoms with Crippen LogP contribution in [0.15, 0.2) is 18.2 Å². The van der Waals surface area contributed by atoms with Crippen molar-refractivity contribution in [3.63, 3.8) is 0 Å². The third-order valence-corrected chi connectivity index (χ3v) is 3.21. The van der Waals surface area contributed by atoms with Gasteiger partial charge in [-0.05, 0) is 30.5 Å². The first-order chi connectivity index (χ1) is 9.35. The van der Waals surface area contributed by atoms with Crippen molar-refractivity contribution in [1.82, 2.24) is 0 Å². The molecule has 110 valence electrons. The molecule has 1 aromatic carbocycles. The molecular formula is C15H23N3O2. The first-order valence-electron chi connectivity index (χ1n) is 6.74. The number of carbonyl (C=O) groups excluding carboxylic acids is 2. The number of hydrogen-bond donors (Lipinski definition) is 3. The Balaban J connectivity index is 2.87. The number of carbonyl (C=O) groups is 2. The third-order valence-electron chi connectivity index (χ3n) is 3.21. The van der Waals surface area contributed by atoms with Gasteiger partial charge in [0.1, 0.15) is 0 Å². The van der Waals surface area contributed by atoms with Crippen molar-refractivity contribution >= 4 is 23.2 Å². The predicted molar refractivity (Wildman–Crippen MR) is 81.5 cm³/mol. The monoisotopic (exact) mass is 277 g/mol. The van der Waals surface area contributed by atoms with Crippen LogP contribution in [0.2, 0.25) is 0 Å². The molecule has 0 saturated carbocycles. The van der Waals surface area contributed by atoms with E-state index in [4.69, 9.17) is 5.73 Å². The molecule has 5 heteroatoms. The van der Waals surface area contributed by atoms with Gasteiger partial charge in [0.2, 0.25) is 11.8 Å². The van der Waals surface area contributed by atoms with Crippen molar-refractivity contribution in [1.29, 1.82) is 0 Å². The minimum absolute atomic E-state index is 0.0971. The first kappa shape index (κ1) is 16.2. The van der Waals surface area contributed by atoms with Crippen molar-refractivity contribution < 1.29 is 9.59 Å². The van der Waals surface area contributed by atoms with E-state index in [-0.39, 0.29) is 23.7 Å². The van der Waals surface area contributed by atoms with Crippen LogP contribution in [-0.2, 0) is 9.59 Å². The molecule has 0 aliphatic carbocycles. The highest BCUT2D eigenvalue weighted by molar-refractivity contribution is 5.95. The summed E-state index contributed by atoms with van der Waals surface area (Å²) in [6, 6.07) is 5.42. The van der Waals surface area contributed by atoms with E-state index in [1.165, 1.54) is 6.92 Å². The molecule has 0 bridgehead atoms. The molecule has 20 heavy (non-hydrogen) atoms. The molecule has 1 unspecified atom stereocenters. The molecule has 0 radical (unpaired) electrons. The van der Waals surface area contributed by atoms with Crippen LogP contribution in [0.4, 0.5) is 11.4 Å². The molecule has 1 atom stereocenters.